The van der Waals surface area contributed by atoms with Crippen LogP contribution in [0, 0.1) is 0 Å². The summed E-state index contributed by atoms with van der Waals surface area (Å²) >= 11 is 0. The lowest BCUT2D eigenvalue weighted by atomic mass is 10.2. The largest absolute Gasteiger partial charge is 0.394 e. The number of aliphatic hydroxyl groups excluding tert-OH is 1. The van der Waals surface area contributed by atoms with Gasteiger partial charge < -0.3 is 15.3 Å². The van der Waals surface area contributed by atoms with E-state index < -0.39 is 26.5 Å². The molecule has 0 aromatic heterocycles. The Labute approximate surface area is 126 Å². The van der Waals surface area contributed by atoms with Crippen molar-refractivity contribution < 1.29 is 27.1 Å². The van der Waals surface area contributed by atoms with E-state index >= 15 is 0 Å². The Morgan fingerprint density at radius 3 is 2.82 bits per heavy atom. The van der Waals surface area contributed by atoms with Gasteiger partial charge in [0.05, 0.1) is 17.5 Å². The average molecular weight is 334 g/mol. The van der Waals surface area contributed by atoms with Gasteiger partial charge in [-0.05, 0) is 31.0 Å². The highest BCUT2D eigenvalue weighted by Crippen LogP contribution is 2.23. The van der Waals surface area contributed by atoms with Crippen molar-refractivity contribution in [2.24, 2.45) is 0 Å². The monoisotopic (exact) mass is 334 g/mol. The van der Waals surface area contributed by atoms with Gasteiger partial charge in [0.15, 0.2) is 0 Å². The molecule has 22 heavy (non-hydrogen) atoms. The number of halogens is 2. The molecule has 1 aliphatic rings. The van der Waals surface area contributed by atoms with Crippen LogP contribution in [0.3, 0.4) is 0 Å². The third-order valence-electron chi connectivity index (χ3n) is 3.50. The summed E-state index contributed by atoms with van der Waals surface area (Å²) in [6, 6.07) is 3.94. The van der Waals surface area contributed by atoms with Crippen LogP contribution in [0.5, 0.6) is 0 Å². The number of alkyl halides is 2. The van der Waals surface area contributed by atoms with Gasteiger partial charge in [-0.2, -0.15) is 8.78 Å². The zero-order valence-electron chi connectivity index (χ0n) is 11.6. The molecule has 1 atom stereocenters. The van der Waals surface area contributed by atoms with Gasteiger partial charge in [-0.15, -0.1) is 0 Å². The topological polar surface area (TPSA) is 86.7 Å². The smallest absolute Gasteiger partial charge is 0.341 e. The van der Waals surface area contributed by atoms with Crippen molar-refractivity contribution in [1.82, 2.24) is 4.90 Å². The zero-order valence-corrected chi connectivity index (χ0v) is 12.4. The van der Waals surface area contributed by atoms with E-state index in [4.69, 9.17) is 0 Å². The average Bonchev–Trinajstić information content (AvgIpc) is 2.96. The van der Waals surface area contributed by atoms with Gasteiger partial charge in [0, 0.05) is 12.2 Å². The van der Waals surface area contributed by atoms with Crippen LogP contribution in [0.4, 0.5) is 19.3 Å². The molecular weight excluding hydrogens is 318 g/mol. The number of carbonyl (C=O) groups is 1. The van der Waals surface area contributed by atoms with E-state index in [0.29, 0.717) is 13.0 Å². The van der Waals surface area contributed by atoms with E-state index in [2.05, 4.69) is 5.32 Å². The van der Waals surface area contributed by atoms with E-state index in [1.807, 2.05) is 0 Å². The number of aliphatic hydroxyl groups is 1. The first-order valence-corrected chi connectivity index (χ1v) is 8.21. The Balaban J connectivity index is 2.16. The van der Waals surface area contributed by atoms with E-state index in [-0.39, 0.29) is 18.3 Å². The van der Waals surface area contributed by atoms with Crippen molar-refractivity contribution in [3.8, 4) is 0 Å². The number of urea groups is 1. The number of hydrogen-bond acceptors (Lipinski definition) is 4. The molecule has 0 spiro atoms. The number of carbonyl (C=O) groups excluding carboxylic acids is 1. The molecule has 1 heterocycles. The molecule has 0 unspecified atom stereocenters. The van der Waals surface area contributed by atoms with Crippen molar-refractivity contribution in [2.75, 3.05) is 18.5 Å². The first kappa shape index (κ1) is 16.6. The van der Waals surface area contributed by atoms with Gasteiger partial charge in [-0.25, -0.2) is 13.2 Å². The lowest BCUT2D eigenvalue weighted by molar-refractivity contribution is 0.166. The number of amides is 2. The van der Waals surface area contributed by atoms with Crippen LogP contribution in [0.25, 0.3) is 0 Å². The summed E-state index contributed by atoms with van der Waals surface area (Å²) in [5.74, 6) is -3.52. The number of sulfone groups is 1. The third-order valence-corrected chi connectivity index (χ3v) is 4.88. The fourth-order valence-electron chi connectivity index (χ4n) is 2.34. The highest BCUT2D eigenvalue weighted by Gasteiger charge is 2.29. The van der Waals surface area contributed by atoms with E-state index in [1.165, 1.54) is 17.0 Å². The molecule has 0 radical (unpaired) electrons. The molecule has 2 amide bonds. The molecule has 122 valence electrons. The molecule has 2 N–H and O–H groups in total. The Hall–Kier alpha value is -1.74. The van der Waals surface area contributed by atoms with E-state index in [0.717, 1.165) is 18.6 Å². The second-order valence-electron chi connectivity index (χ2n) is 4.94. The van der Waals surface area contributed by atoms with Gasteiger partial charge in [-0.1, -0.05) is 6.07 Å². The molecule has 1 aliphatic heterocycles. The lowest BCUT2D eigenvalue weighted by Gasteiger charge is -2.23. The summed E-state index contributed by atoms with van der Waals surface area (Å²) in [4.78, 5) is 13.0. The summed E-state index contributed by atoms with van der Waals surface area (Å²) in [6.45, 7) is 0.319. The summed E-state index contributed by atoms with van der Waals surface area (Å²) in [7, 11) is -4.71. The second kappa shape index (κ2) is 6.57. The molecule has 0 aliphatic carbocycles. The maximum atomic E-state index is 12.5. The number of rotatable bonds is 4. The molecule has 2 rings (SSSR count). The molecule has 0 saturated carbocycles. The molecular formula is C13H16F2N2O4S. The summed E-state index contributed by atoms with van der Waals surface area (Å²) < 4.78 is 47.9. The highest BCUT2D eigenvalue weighted by atomic mass is 32.2. The summed E-state index contributed by atoms with van der Waals surface area (Å²) in [6.07, 6.45) is 1.45. The SMILES string of the molecule is O=C(Nc1cccc(S(=O)(=O)C(F)F)c1)N1CCC[C@H]1CO. The van der Waals surface area contributed by atoms with Gasteiger partial charge in [0.25, 0.3) is 0 Å². The molecule has 0 bridgehead atoms. The molecule has 1 aromatic rings. The lowest BCUT2D eigenvalue weighted by Crippen LogP contribution is -2.40. The number of nitrogens with zero attached hydrogens (tertiary/aromatic N) is 1. The van der Waals surface area contributed by atoms with Crippen molar-refractivity contribution in [2.45, 2.75) is 29.5 Å². The van der Waals surface area contributed by atoms with E-state index in [9.17, 15) is 27.1 Å². The van der Waals surface area contributed by atoms with Gasteiger partial charge in [0.2, 0.25) is 9.84 Å². The number of benzene rings is 1. The van der Waals surface area contributed by atoms with Crippen molar-refractivity contribution >= 4 is 21.6 Å². The molecule has 1 aromatic carbocycles. The van der Waals surface area contributed by atoms with Crippen LogP contribution >= 0.6 is 0 Å². The summed E-state index contributed by atoms with van der Waals surface area (Å²) in [5.41, 5.74) is 0.107. The Morgan fingerprint density at radius 1 is 1.45 bits per heavy atom. The van der Waals surface area contributed by atoms with Crippen LogP contribution < -0.4 is 5.32 Å². The van der Waals surface area contributed by atoms with E-state index in [1.54, 1.807) is 0 Å². The third kappa shape index (κ3) is 3.36. The fraction of sp³-hybridized carbons (Fsp3) is 0.462. The minimum Gasteiger partial charge on any atom is -0.394 e. The molecule has 9 heteroatoms. The zero-order chi connectivity index (χ0) is 16.3. The quantitative estimate of drug-likeness (QED) is 0.877. The van der Waals surface area contributed by atoms with Gasteiger partial charge >= 0.3 is 11.8 Å². The normalized spacial score (nSPS) is 18.7. The Bertz CT molecular complexity index is 651. The van der Waals surface area contributed by atoms with Crippen LogP contribution in [0.2, 0.25) is 0 Å². The Kier molecular flexibility index (Phi) is 4.97. The predicted molar refractivity (Wildman–Crippen MR) is 75.5 cm³/mol. The maximum Gasteiger partial charge on any atom is 0.341 e. The second-order valence-corrected chi connectivity index (χ2v) is 6.85. The fourth-order valence-corrected chi connectivity index (χ4v) is 3.11. The highest BCUT2D eigenvalue weighted by molar-refractivity contribution is 7.91. The molecule has 1 saturated heterocycles. The molecule has 6 nitrogen and oxygen atoms in total. The van der Waals surface area contributed by atoms with Crippen LogP contribution in [-0.2, 0) is 9.84 Å². The number of nitrogens with one attached hydrogen (secondary N) is 1. The number of likely N-dealkylation sites (tertiary alicyclic amines) is 1. The minimum absolute atomic E-state index is 0.107. The first-order valence-electron chi connectivity index (χ1n) is 6.67. The van der Waals surface area contributed by atoms with Crippen LogP contribution in [0.1, 0.15) is 12.8 Å². The number of hydrogen-bond donors (Lipinski definition) is 2. The maximum absolute atomic E-state index is 12.5. The first-order chi connectivity index (χ1) is 10.4. The van der Waals surface area contributed by atoms with Crippen molar-refractivity contribution in [1.29, 1.82) is 0 Å². The standard InChI is InChI=1S/C13H16F2N2O4S/c14-12(15)22(20,21)11-5-1-3-9(7-11)16-13(19)17-6-2-4-10(17)8-18/h1,3,5,7,10,12,18H,2,4,6,8H2,(H,16,19)/t10-/m0/s1. The number of anilines is 1. The summed E-state index contributed by atoms with van der Waals surface area (Å²) in [5, 5.41) is 11.6. The van der Waals surface area contributed by atoms with Crippen LogP contribution in [0.15, 0.2) is 29.2 Å². The van der Waals surface area contributed by atoms with Gasteiger partial charge in [-0.3, -0.25) is 0 Å². The minimum atomic E-state index is -4.71. The van der Waals surface area contributed by atoms with Crippen molar-refractivity contribution in [3.63, 3.8) is 0 Å². The van der Waals surface area contributed by atoms with Crippen molar-refractivity contribution in [3.05, 3.63) is 24.3 Å². The van der Waals surface area contributed by atoms with Gasteiger partial charge in [0.1, 0.15) is 0 Å². The van der Waals surface area contributed by atoms with Crippen LogP contribution in [-0.4, -0.2) is 49.4 Å². The predicted octanol–water partition coefficient (Wildman–Crippen LogP) is 1.67. The molecule has 1 fully saturated rings. The Morgan fingerprint density at radius 2 is 2.18 bits per heavy atom.